The van der Waals surface area contributed by atoms with Gasteiger partial charge in [-0.05, 0) is 43.0 Å². The molecule has 7 heteroatoms. The molecule has 1 aromatic carbocycles. The molecule has 0 amide bonds. The van der Waals surface area contributed by atoms with Crippen molar-refractivity contribution in [3.63, 3.8) is 0 Å². The van der Waals surface area contributed by atoms with E-state index in [1.165, 1.54) is 11.3 Å². The number of benzene rings is 1. The van der Waals surface area contributed by atoms with E-state index in [9.17, 15) is 0 Å². The minimum absolute atomic E-state index is 0.319. The highest BCUT2D eigenvalue weighted by molar-refractivity contribution is 5.33. The second-order valence-corrected chi connectivity index (χ2v) is 7.54. The Labute approximate surface area is 164 Å². The average molecular weight is 376 g/mol. The van der Waals surface area contributed by atoms with Gasteiger partial charge in [0.05, 0.1) is 23.7 Å². The van der Waals surface area contributed by atoms with E-state index >= 15 is 0 Å². The number of anilines is 1. The molecule has 0 unspecified atom stereocenters. The third-order valence-electron chi connectivity index (χ3n) is 5.84. The van der Waals surface area contributed by atoms with Crippen LogP contribution < -0.4 is 5.73 Å². The molecule has 2 aromatic heterocycles. The van der Waals surface area contributed by atoms with Gasteiger partial charge in [0.1, 0.15) is 5.60 Å². The first-order chi connectivity index (χ1) is 13.7. The summed E-state index contributed by atoms with van der Waals surface area (Å²) in [4.78, 5) is 11.2. The highest BCUT2D eigenvalue weighted by atomic mass is 16.5. The predicted octanol–water partition coefficient (Wildman–Crippen LogP) is 2.31. The molecule has 144 valence electrons. The zero-order valence-electron chi connectivity index (χ0n) is 15.8. The van der Waals surface area contributed by atoms with E-state index in [-0.39, 0.29) is 5.60 Å². The van der Waals surface area contributed by atoms with Gasteiger partial charge in [0.2, 0.25) is 5.95 Å². The van der Waals surface area contributed by atoms with Crippen LogP contribution >= 0.6 is 0 Å². The molecule has 2 N–H and O–H groups in total. The summed E-state index contributed by atoms with van der Waals surface area (Å²) in [5.74, 6) is 0.331. The lowest BCUT2D eigenvalue weighted by Gasteiger charge is -2.44. The van der Waals surface area contributed by atoms with Crippen molar-refractivity contribution < 1.29 is 4.74 Å². The Balaban J connectivity index is 1.32. The largest absolute Gasteiger partial charge is 0.368 e. The van der Waals surface area contributed by atoms with Gasteiger partial charge in [0.25, 0.3) is 0 Å². The van der Waals surface area contributed by atoms with Crippen molar-refractivity contribution in [3.8, 4) is 5.69 Å². The number of aromatic nitrogens is 4. The quantitative estimate of drug-likeness (QED) is 0.755. The van der Waals surface area contributed by atoms with Gasteiger partial charge in [-0.2, -0.15) is 5.10 Å². The summed E-state index contributed by atoms with van der Waals surface area (Å²) in [6, 6.07) is 12.4. The van der Waals surface area contributed by atoms with Crippen LogP contribution in [0.3, 0.4) is 0 Å². The van der Waals surface area contributed by atoms with Crippen molar-refractivity contribution in [2.45, 2.75) is 31.4 Å². The number of hydrogen-bond acceptors (Lipinski definition) is 6. The molecule has 0 aliphatic carbocycles. The summed E-state index contributed by atoms with van der Waals surface area (Å²) in [7, 11) is 0. The van der Waals surface area contributed by atoms with Crippen molar-refractivity contribution in [1.82, 2.24) is 24.6 Å². The maximum Gasteiger partial charge on any atom is 0.220 e. The Kier molecular flexibility index (Phi) is 4.33. The van der Waals surface area contributed by atoms with Crippen LogP contribution in [0.25, 0.3) is 5.69 Å². The summed E-state index contributed by atoms with van der Waals surface area (Å²) >= 11 is 0. The lowest BCUT2D eigenvalue weighted by molar-refractivity contribution is -0.102. The van der Waals surface area contributed by atoms with E-state index in [1.807, 2.05) is 35.3 Å². The van der Waals surface area contributed by atoms with E-state index < -0.39 is 0 Å². The summed E-state index contributed by atoms with van der Waals surface area (Å²) in [5.41, 5.74) is 10.0. The molecule has 0 saturated carbocycles. The van der Waals surface area contributed by atoms with E-state index in [1.54, 1.807) is 0 Å². The third kappa shape index (κ3) is 3.06. The van der Waals surface area contributed by atoms with Crippen LogP contribution in [-0.2, 0) is 23.3 Å². The van der Waals surface area contributed by atoms with Gasteiger partial charge < -0.3 is 10.5 Å². The van der Waals surface area contributed by atoms with Crippen molar-refractivity contribution in [3.05, 3.63) is 65.7 Å². The number of likely N-dealkylation sites (tertiary alicyclic amines) is 1. The zero-order valence-corrected chi connectivity index (χ0v) is 15.8. The fourth-order valence-corrected chi connectivity index (χ4v) is 4.36. The van der Waals surface area contributed by atoms with E-state index in [4.69, 9.17) is 10.5 Å². The standard InChI is InChI=1S/C21H24N6O/c22-20-23-14-16-7-13-28-21(19(16)25-20)8-11-26(12-9-21)15-18-6-10-24-27(18)17-4-2-1-3-5-17/h1-6,10,14H,7-9,11-13,15H2,(H2,22,23,25). The summed E-state index contributed by atoms with van der Waals surface area (Å²) in [5, 5.41) is 4.51. The number of para-hydroxylation sites is 1. The molecule has 0 bridgehead atoms. The number of hydrogen-bond donors (Lipinski definition) is 1. The van der Waals surface area contributed by atoms with E-state index in [2.05, 4.69) is 38.2 Å². The first kappa shape index (κ1) is 17.3. The van der Waals surface area contributed by atoms with Crippen molar-refractivity contribution >= 4 is 5.95 Å². The van der Waals surface area contributed by atoms with Crippen molar-refractivity contribution in [1.29, 1.82) is 0 Å². The molecule has 5 rings (SSSR count). The normalized spacial score (nSPS) is 18.9. The SMILES string of the molecule is Nc1ncc2c(n1)C1(CCN(Cc3ccnn3-c3ccccc3)CC1)OCC2. The molecule has 0 radical (unpaired) electrons. The first-order valence-corrected chi connectivity index (χ1v) is 9.80. The van der Waals surface area contributed by atoms with Gasteiger partial charge in [-0.15, -0.1) is 0 Å². The molecule has 7 nitrogen and oxygen atoms in total. The highest BCUT2D eigenvalue weighted by Gasteiger charge is 2.42. The number of ether oxygens (including phenoxy) is 1. The Morgan fingerprint density at radius 1 is 1.11 bits per heavy atom. The van der Waals surface area contributed by atoms with Crippen LogP contribution in [0, 0.1) is 0 Å². The molecule has 4 heterocycles. The second-order valence-electron chi connectivity index (χ2n) is 7.54. The van der Waals surface area contributed by atoms with Crippen LogP contribution in [-0.4, -0.2) is 44.3 Å². The highest BCUT2D eigenvalue weighted by Crippen LogP contribution is 2.40. The average Bonchev–Trinajstić information content (AvgIpc) is 3.19. The Morgan fingerprint density at radius 3 is 2.75 bits per heavy atom. The molecule has 0 atom stereocenters. The van der Waals surface area contributed by atoms with Crippen LogP contribution in [0.1, 0.15) is 29.8 Å². The summed E-state index contributed by atoms with van der Waals surface area (Å²) < 4.78 is 8.29. The van der Waals surface area contributed by atoms with E-state index in [0.29, 0.717) is 5.95 Å². The minimum atomic E-state index is -0.319. The second kappa shape index (κ2) is 7.00. The molecule has 1 fully saturated rings. The number of fused-ring (bicyclic) bond motifs is 2. The first-order valence-electron chi connectivity index (χ1n) is 9.80. The molecule has 2 aliphatic heterocycles. The van der Waals surface area contributed by atoms with Gasteiger partial charge >= 0.3 is 0 Å². The number of nitrogens with zero attached hydrogens (tertiary/aromatic N) is 5. The fourth-order valence-electron chi connectivity index (χ4n) is 4.36. The fraction of sp³-hybridized carbons (Fsp3) is 0.381. The molecule has 1 spiro atoms. The van der Waals surface area contributed by atoms with Crippen LogP contribution in [0.2, 0.25) is 0 Å². The third-order valence-corrected chi connectivity index (χ3v) is 5.84. The molecule has 3 aromatic rings. The van der Waals surface area contributed by atoms with Crippen LogP contribution in [0.15, 0.2) is 48.8 Å². The van der Waals surface area contributed by atoms with Gasteiger partial charge in [0, 0.05) is 32.0 Å². The van der Waals surface area contributed by atoms with Gasteiger partial charge in [-0.25, -0.2) is 14.6 Å². The Hall–Kier alpha value is -2.77. The van der Waals surface area contributed by atoms with Crippen LogP contribution in [0.5, 0.6) is 0 Å². The number of piperidine rings is 1. The molecular formula is C21H24N6O. The maximum atomic E-state index is 6.27. The maximum absolute atomic E-state index is 6.27. The lowest BCUT2D eigenvalue weighted by atomic mass is 9.83. The zero-order chi connectivity index (χ0) is 19.0. The van der Waals surface area contributed by atoms with Gasteiger partial charge in [0.15, 0.2) is 0 Å². The summed E-state index contributed by atoms with van der Waals surface area (Å²) in [6.07, 6.45) is 6.42. The topological polar surface area (TPSA) is 82.1 Å². The van der Waals surface area contributed by atoms with Crippen molar-refractivity contribution in [2.24, 2.45) is 0 Å². The van der Waals surface area contributed by atoms with Crippen molar-refractivity contribution in [2.75, 3.05) is 25.4 Å². The molecule has 2 aliphatic rings. The Bertz CT molecular complexity index is 962. The van der Waals surface area contributed by atoms with Gasteiger partial charge in [-0.3, -0.25) is 4.90 Å². The molecule has 1 saturated heterocycles. The predicted molar refractivity (Wildman–Crippen MR) is 106 cm³/mol. The van der Waals surface area contributed by atoms with Crippen LogP contribution in [0.4, 0.5) is 5.95 Å². The number of nitrogen functional groups attached to an aromatic ring is 1. The molecule has 28 heavy (non-hydrogen) atoms. The lowest BCUT2D eigenvalue weighted by Crippen LogP contribution is -2.47. The molecular weight excluding hydrogens is 352 g/mol. The monoisotopic (exact) mass is 376 g/mol. The minimum Gasteiger partial charge on any atom is -0.368 e. The Morgan fingerprint density at radius 2 is 1.93 bits per heavy atom. The summed E-state index contributed by atoms with van der Waals surface area (Å²) in [6.45, 7) is 3.48. The van der Waals surface area contributed by atoms with E-state index in [0.717, 1.165) is 56.9 Å². The number of nitrogens with two attached hydrogens (primary N) is 1. The number of rotatable bonds is 3. The smallest absolute Gasteiger partial charge is 0.220 e. The van der Waals surface area contributed by atoms with Gasteiger partial charge in [-0.1, -0.05) is 18.2 Å².